The van der Waals surface area contributed by atoms with Crippen LogP contribution in [0.3, 0.4) is 0 Å². The molecule has 0 spiro atoms. The van der Waals surface area contributed by atoms with Gasteiger partial charge in [0.1, 0.15) is 5.75 Å². The van der Waals surface area contributed by atoms with Crippen molar-refractivity contribution >= 4 is 22.9 Å². The minimum Gasteiger partial charge on any atom is -0.497 e. The molecule has 1 aromatic carbocycles. The van der Waals surface area contributed by atoms with Gasteiger partial charge in [-0.3, -0.25) is 9.89 Å². The van der Waals surface area contributed by atoms with Gasteiger partial charge >= 0.3 is 0 Å². The van der Waals surface area contributed by atoms with Crippen molar-refractivity contribution in [3.63, 3.8) is 0 Å². The predicted octanol–water partition coefficient (Wildman–Crippen LogP) is 3.11. The van der Waals surface area contributed by atoms with E-state index in [-0.39, 0.29) is 5.91 Å². The largest absolute Gasteiger partial charge is 0.497 e. The molecule has 0 bridgehead atoms. The Balaban J connectivity index is 1.39. The van der Waals surface area contributed by atoms with E-state index >= 15 is 0 Å². The quantitative estimate of drug-likeness (QED) is 0.769. The molecule has 1 N–H and O–H groups in total. The number of amides is 1. The molecule has 1 amide bonds. The first-order chi connectivity index (χ1) is 12.7. The highest BCUT2D eigenvalue weighted by atomic mass is 32.1. The molecule has 0 saturated carbocycles. The highest BCUT2D eigenvalue weighted by molar-refractivity contribution is 7.13. The van der Waals surface area contributed by atoms with Crippen LogP contribution in [-0.4, -0.2) is 54.3 Å². The van der Waals surface area contributed by atoms with Gasteiger partial charge in [-0.1, -0.05) is 6.07 Å². The van der Waals surface area contributed by atoms with E-state index < -0.39 is 0 Å². The highest BCUT2D eigenvalue weighted by Gasteiger charge is 2.24. The molecule has 3 heterocycles. The van der Waals surface area contributed by atoms with E-state index in [0.29, 0.717) is 18.8 Å². The van der Waals surface area contributed by atoms with Gasteiger partial charge in [0.15, 0.2) is 5.69 Å². The van der Waals surface area contributed by atoms with Crippen LogP contribution in [0.2, 0.25) is 0 Å². The molecule has 3 aromatic rings. The lowest BCUT2D eigenvalue weighted by molar-refractivity contribution is 0.0741. The zero-order valence-electron chi connectivity index (χ0n) is 14.5. The summed E-state index contributed by atoms with van der Waals surface area (Å²) in [5.41, 5.74) is 2.52. The summed E-state index contributed by atoms with van der Waals surface area (Å²) in [6, 6.07) is 13.9. The van der Waals surface area contributed by atoms with Crippen LogP contribution in [0, 0.1) is 0 Å². The topological polar surface area (TPSA) is 61.5 Å². The second-order valence-corrected chi connectivity index (χ2v) is 7.07. The smallest absolute Gasteiger partial charge is 0.274 e. The summed E-state index contributed by atoms with van der Waals surface area (Å²) in [7, 11) is 1.66. The summed E-state index contributed by atoms with van der Waals surface area (Å²) in [5, 5.41) is 9.18. The molecular weight excluding hydrogens is 348 g/mol. The van der Waals surface area contributed by atoms with Gasteiger partial charge in [0.25, 0.3) is 5.91 Å². The van der Waals surface area contributed by atoms with Crippen LogP contribution in [0.25, 0.3) is 10.6 Å². The van der Waals surface area contributed by atoms with E-state index in [9.17, 15) is 4.79 Å². The summed E-state index contributed by atoms with van der Waals surface area (Å²) < 4.78 is 5.20. The van der Waals surface area contributed by atoms with Crippen molar-refractivity contribution in [2.24, 2.45) is 0 Å². The van der Waals surface area contributed by atoms with Crippen LogP contribution in [0.4, 0.5) is 5.69 Å². The number of aromatic nitrogens is 2. The maximum absolute atomic E-state index is 12.7. The minimum atomic E-state index is -0.0153. The molecule has 2 aromatic heterocycles. The molecule has 26 heavy (non-hydrogen) atoms. The van der Waals surface area contributed by atoms with Gasteiger partial charge in [0.05, 0.1) is 17.7 Å². The number of nitrogens with zero attached hydrogens (tertiary/aromatic N) is 3. The van der Waals surface area contributed by atoms with Gasteiger partial charge in [-0.2, -0.15) is 5.10 Å². The number of rotatable bonds is 4. The van der Waals surface area contributed by atoms with Gasteiger partial charge in [-0.05, 0) is 41.8 Å². The van der Waals surface area contributed by atoms with Gasteiger partial charge in [-0.25, -0.2) is 0 Å². The van der Waals surface area contributed by atoms with Crippen LogP contribution >= 0.6 is 11.3 Å². The Morgan fingerprint density at radius 3 is 2.58 bits per heavy atom. The molecule has 4 rings (SSSR count). The molecule has 6 nitrogen and oxygen atoms in total. The first-order valence-electron chi connectivity index (χ1n) is 8.52. The second kappa shape index (κ2) is 7.21. The Kier molecular flexibility index (Phi) is 4.62. The van der Waals surface area contributed by atoms with E-state index in [0.717, 1.165) is 35.1 Å². The fourth-order valence-electron chi connectivity index (χ4n) is 3.11. The van der Waals surface area contributed by atoms with E-state index in [1.807, 2.05) is 40.6 Å². The SMILES string of the molecule is COc1ccc(N2CCN(C(=O)c3cc(-c4cccs4)[nH]n3)CC2)cc1. The Labute approximate surface area is 156 Å². The van der Waals surface area contributed by atoms with E-state index in [4.69, 9.17) is 4.74 Å². The first-order valence-corrected chi connectivity index (χ1v) is 9.40. The average molecular weight is 368 g/mol. The van der Waals surface area contributed by atoms with Crippen LogP contribution in [0.5, 0.6) is 5.75 Å². The summed E-state index contributed by atoms with van der Waals surface area (Å²) in [6.07, 6.45) is 0. The van der Waals surface area contributed by atoms with Crippen molar-refractivity contribution in [2.75, 3.05) is 38.2 Å². The first kappa shape index (κ1) is 16.7. The Bertz CT molecular complexity index is 865. The number of ether oxygens (including phenoxy) is 1. The normalized spacial score (nSPS) is 14.5. The Morgan fingerprint density at radius 1 is 1.15 bits per heavy atom. The van der Waals surface area contributed by atoms with Gasteiger partial charge < -0.3 is 14.5 Å². The number of methoxy groups -OCH3 is 1. The van der Waals surface area contributed by atoms with Gasteiger partial charge in [0, 0.05) is 31.9 Å². The number of piperazine rings is 1. The van der Waals surface area contributed by atoms with E-state index in [1.165, 1.54) is 0 Å². The number of nitrogens with one attached hydrogen (secondary N) is 1. The fourth-order valence-corrected chi connectivity index (χ4v) is 3.80. The maximum atomic E-state index is 12.7. The fraction of sp³-hybridized carbons (Fsp3) is 0.263. The summed E-state index contributed by atoms with van der Waals surface area (Å²) >= 11 is 1.63. The van der Waals surface area contributed by atoms with Crippen molar-refractivity contribution in [3.8, 4) is 16.3 Å². The third kappa shape index (κ3) is 3.30. The molecule has 134 valence electrons. The number of anilines is 1. The number of carbonyl (C=O) groups excluding carboxylic acids is 1. The van der Waals surface area contributed by atoms with Gasteiger partial charge in [0.2, 0.25) is 0 Å². The number of hydrogen-bond donors (Lipinski definition) is 1. The average Bonchev–Trinajstić information content (AvgIpc) is 3.39. The maximum Gasteiger partial charge on any atom is 0.274 e. The van der Waals surface area contributed by atoms with Crippen molar-refractivity contribution in [1.29, 1.82) is 0 Å². The number of carbonyl (C=O) groups is 1. The summed E-state index contributed by atoms with van der Waals surface area (Å²) in [6.45, 7) is 2.98. The molecule has 1 aliphatic heterocycles. The molecule has 1 saturated heterocycles. The number of benzene rings is 1. The lowest BCUT2D eigenvalue weighted by atomic mass is 10.2. The minimum absolute atomic E-state index is 0.0153. The zero-order chi connectivity index (χ0) is 17.9. The molecule has 0 radical (unpaired) electrons. The highest BCUT2D eigenvalue weighted by Crippen LogP contribution is 2.24. The third-order valence-electron chi connectivity index (χ3n) is 4.59. The van der Waals surface area contributed by atoms with Crippen LogP contribution in [-0.2, 0) is 0 Å². The lowest BCUT2D eigenvalue weighted by Crippen LogP contribution is -2.48. The van der Waals surface area contributed by atoms with Crippen molar-refractivity contribution < 1.29 is 9.53 Å². The third-order valence-corrected chi connectivity index (χ3v) is 5.49. The number of H-pyrrole nitrogens is 1. The second-order valence-electron chi connectivity index (χ2n) is 6.12. The van der Waals surface area contributed by atoms with Crippen LogP contribution in [0.15, 0.2) is 47.8 Å². The van der Waals surface area contributed by atoms with Crippen LogP contribution in [0.1, 0.15) is 10.5 Å². The lowest BCUT2D eigenvalue weighted by Gasteiger charge is -2.35. The summed E-state index contributed by atoms with van der Waals surface area (Å²) in [4.78, 5) is 18.0. The van der Waals surface area contributed by atoms with Crippen molar-refractivity contribution in [2.45, 2.75) is 0 Å². The predicted molar refractivity (Wildman–Crippen MR) is 103 cm³/mol. The molecule has 1 fully saturated rings. The summed E-state index contributed by atoms with van der Waals surface area (Å²) in [5.74, 6) is 0.834. The van der Waals surface area contributed by atoms with E-state index in [2.05, 4.69) is 27.2 Å². The molecule has 7 heteroatoms. The standard InChI is InChI=1S/C19H20N4O2S/c1-25-15-6-4-14(5-7-15)22-8-10-23(11-9-22)19(24)17-13-16(20-21-17)18-3-2-12-26-18/h2-7,12-13H,8-11H2,1H3,(H,20,21). The zero-order valence-corrected chi connectivity index (χ0v) is 15.3. The monoisotopic (exact) mass is 368 g/mol. The van der Waals surface area contributed by atoms with Crippen molar-refractivity contribution in [3.05, 3.63) is 53.5 Å². The van der Waals surface area contributed by atoms with E-state index in [1.54, 1.807) is 18.4 Å². The van der Waals surface area contributed by atoms with Crippen LogP contribution < -0.4 is 9.64 Å². The molecule has 1 aliphatic rings. The molecule has 0 atom stereocenters. The number of aromatic amines is 1. The Hall–Kier alpha value is -2.80. The number of hydrogen-bond acceptors (Lipinski definition) is 5. The van der Waals surface area contributed by atoms with Crippen molar-refractivity contribution in [1.82, 2.24) is 15.1 Å². The molecule has 0 unspecified atom stereocenters. The number of thiophene rings is 1. The molecular formula is C19H20N4O2S. The van der Waals surface area contributed by atoms with Gasteiger partial charge in [-0.15, -0.1) is 11.3 Å². The molecule has 0 aliphatic carbocycles. The Morgan fingerprint density at radius 2 is 1.92 bits per heavy atom.